The third kappa shape index (κ3) is 5.19. The van der Waals surface area contributed by atoms with Gasteiger partial charge in [0.05, 0.1) is 22.4 Å². The first-order valence-electron chi connectivity index (χ1n) is 19.3. The molecule has 0 fully saturated rings. The lowest BCUT2D eigenvalue weighted by Gasteiger charge is -2.30. The number of anilines is 3. The van der Waals surface area contributed by atoms with Gasteiger partial charge in [-0.15, -0.1) is 0 Å². The van der Waals surface area contributed by atoms with E-state index in [1.165, 1.54) is 38.9 Å². The van der Waals surface area contributed by atoms with Gasteiger partial charge in [0.2, 0.25) is 0 Å². The van der Waals surface area contributed by atoms with Crippen LogP contribution in [-0.4, -0.2) is 0 Å². The normalized spacial score (nSPS) is 15.0. The van der Waals surface area contributed by atoms with E-state index in [1.54, 1.807) is 0 Å². The molecule has 3 nitrogen and oxygen atoms in total. The molecule has 1 unspecified atom stereocenters. The van der Waals surface area contributed by atoms with E-state index in [9.17, 15) is 0 Å². The Balaban J connectivity index is 1.19. The molecule has 0 saturated heterocycles. The highest BCUT2D eigenvalue weighted by Gasteiger charge is 2.28. The van der Waals surface area contributed by atoms with Crippen molar-refractivity contribution in [1.29, 1.82) is 0 Å². The van der Waals surface area contributed by atoms with Crippen LogP contribution in [0.4, 0.5) is 17.1 Å². The predicted octanol–water partition coefficient (Wildman–Crippen LogP) is 14.8. The van der Waals surface area contributed by atoms with Gasteiger partial charge in [-0.05, 0) is 89.0 Å². The van der Waals surface area contributed by atoms with Crippen LogP contribution in [0.5, 0.6) is 0 Å². The molecule has 2 heterocycles. The molecule has 0 spiro atoms. The van der Waals surface area contributed by atoms with E-state index in [0.717, 1.165) is 80.2 Å². The third-order valence-electron chi connectivity index (χ3n) is 11.5. The van der Waals surface area contributed by atoms with Gasteiger partial charge < -0.3 is 13.7 Å². The monoisotopic (exact) mass is 707 g/mol. The Bertz CT molecular complexity index is 3010. The van der Waals surface area contributed by atoms with Crippen molar-refractivity contribution in [2.45, 2.75) is 25.2 Å². The van der Waals surface area contributed by atoms with Gasteiger partial charge in [-0.3, -0.25) is 0 Å². The number of hydrogen-bond donors (Lipinski definition) is 0. The van der Waals surface area contributed by atoms with Crippen LogP contribution in [0.15, 0.2) is 185 Å². The van der Waals surface area contributed by atoms with Crippen LogP contribution < -0.4 is 4.90 Å². The topological polar surface area (TPSA) is 29.5 Å². The maximum Gasteiger partial charge on any atom is 0.159 e. The van der Waals surface area contributed by atoms with E-state index in [4.69, 9.17) is 8.83 Å². The van der Waals surface area contributed by atoms with Gasteiger partial charge in [0.1, 0.15) is 16.7 Å². The van der Waals surface area contributed by atoms with Gasteiger partial charge in [0.25, 0.3) is 0 Å². The van der Waals surface area contributed by atoms with Crippen molar-refractivity contribution >= 4 is 67.0 Å². The number of benzene rings is 7. The Morgan fingerprint density at radius 3 is 2.13 bits per heavy atom. The minimum Gasteiger partial charge on any atom is -0.455 e. The van der Waals surface area contributed by atoms with Crippen LogP contribution in [0, 0.1) is 0 Å². The van der Waals surface area contributed by atoms with E-state index in [1.807, 2.05) is 6.07 Å². The fourth-order valence-electron chi connectivity index (χ4n) is 8.91. The average molecular weight is 708 g/mol. The Labute approximate surface area is 319 Å². The molecule has 2 aliphatic carbocycles. The second-order valence-electron chi connectivity index (χ2n) is 14.6. The molecule has 11 rings (SSSR count). The van der Waals surface area contributed by atoms with E-state index in [-0.39, 0.29) is 5.92 Å². The number of hydrogen-bond acceptors (Lipinski definition) is 3. The fraction of sp³-hybridized carbons (Fsp3) is 0.0769. The zero-order valence-electron chi connectivity index (χ0n) is 30.3. The number of fused-ring (bicyclic) bond motifs is 8. The molecule has 0 amide bonds. The molecular formula is C52H37NO2. The predicted molar refractivity (Wildman–Crippen MR) is 230 cm³/mol. The zero-order chi connectivity index (χ0) is 36.3. The summed E-state index contributed by atoms with van der Waals surface area (Å²) in [7, 11) is 0. The Morgan fingerprint density at radius 1 is 0.527 bits per heavy atom. The molecular weight excluding hydrogens is 671 g/mol. The Morgan fingerprint density at radius 2 is 1.24 bits per heavy atom. The highest BCUT2D eigenvalue weighted by atomic mass is 16.3. The molecule has 9 aromatic rings. The third-order valence-corrected chi connectivity index (χ3v) is 11.5. The van der Waals surface area contributed by atoms with E-state index < -0.39 is 0 Å². The Kier molecular flexibility index (Phi) is 7.44. The molecule has 262 valence electrons. The van der Waals surface area contributed by atoms with Gasteiger partial charge in [-0.25, -0.2) is 0 Å². The second-order valence-corrected chi connectivity index (χ2v) is 14.6. The molecule has 0 aliphatic heterocycles. The van der Waals surface area contributed by atoms with E-state index >= 15 is 0 Å². The molecule has 0 radical (unpaired) electrons. The molecule has 0 saturated carbocycles. The SMILES string of the molecule is C1=CCC(c2ccccc2N(c2cccc3c2oc2ccccc23)c2cccc3oc4c5c(c(-c6ccc(-c7ccccc7)cc6)cc4c23)CCC=C5)C=C1. The lowest BCUT2D eigenvalue weighted by Crippen LogP contribution is -2.14. The van der Waals surface area contributed by atoms with Crippen molar-refractivity contribution in [1.82, 2.24) is 0 Å². The summed E-state index contributed by atoms with van der Waals surface area (Å²) in [5.74, 6) is 0.237. The van der Waals surface area contributed by atoms with Gasteiger partial charge in [0, 0.05) is 27.6 Å². The minimum atomic E-state index is 0.237. The van der Waals surface area contributed by atoms with Gasteiger partial charge in [0.15, 0.2) is 5.58 Å². The number of nitrogens with zero attached hydrogens (tertiary/aromatic N) is 1. The summed E-state index contributed by atoms with van der Waals surface area (Å²) < 4.78 is 13.7. The van der Waals surface area contributed by atoms with Crippen molar-refractivity contribution in [3.8, 4) is 22.3 Å². The quantitative estimate of drug-likeness (QED) is 0.172. The summed E-state index contributed by atoms with van der Waals surface area (Å²) in [5.41, 5.74) is 15.4. The maximum absolute atomic E-state index is 6.94. The molecule has 7 aromatic carbocycles. The number of furan rings is 2. The van der Waals surface area contributed by atoms with Crippen molar-refractivity contribution in [2.75, 3.05) is 4.90 Å². The summed E-state index contributed by atoms with van der Waals surface area (Å²) in [6.07, 6.45) is 16.4. The summed E-state index contributed by atoms with van der Waals surface area (Å²) in [4.78, 5) is 2.42. The summed E-state index contributed by atoms with van der Waals surface area (Å²) in [6, 6.07) is 52.3. The standard InChI is InChI=1S/C52H37NO2/c1-3-15-34(16-4-1)35-29-31-37(32-30-35)43-33-44-50-46(25-14-28-49(50)55-51(44)41-22-8-7-20-39(41)43)53(45-24-11-9-19-38(45)36-17-5-2-6-18-36)47-26-13-23-42-40-21-10-12-27-48(40)54-52(42)47/h1-6,8-17,19,21-33,36H,7,18,20H2. The molecule has 2 aromatic heterocycles. The van der Waals surface area contributed by atoms with Crippen LogP contribution in [0.2, 0.25) is 0 Å². The number of allylic oxidation sites excluding steroid dienone is 5. The molecule has 55 heavy (non-hydrogen) atoms. The fourth-order valence-corrected chi connectivity index (χ4v) is 8.91. The van der Waals surface area contributed by atoms with Crippen LogP contribution >= 0.6 is 0 Å². The van der Waals surface area contributed by atoms with Crippen molar-refractivity contribution in [2.24, 2.45) is 0 Å². The van der Waals surface area contributed by atoms with Crippen LogP contribution in [0.3, 0.4) is 0 Å². The smallest absolute Gasteiger partial charge is 0.159 e. The lowest BCUT2D eigenvalue weighted by atomic mass is 9.87. The van der Waals surface area contributed by atoms with Crippen LogP contribution in [0.1, 0.15) is 35.4 Å². The largest absolute Gasteiger partial charge is 0.455 e. The first-order valence-corrected chi connectivity index (χ1v) is 19.3. The average Bonchev–Trinajstić information content (AvgIpc) is 3.84. The van der Waals surface area contributed by atoms with Crippen molar-refractivity contribution in [3.05, 3.63) is 193 Å². The minimum absolute atomic E-state index is 0.237. The number of para-hydroxylation sites is 3. The summed E-state index contributed by atoms with van der Waals surface area (Å²) in [6.45, 7) is 0. The molecule has 2 aliphatic rings. The first kappa shape index (κ1) is 31.7. The second kappa shape index (κ2) is 12.9. The highest BCUT2D eigenvalue weighted by molar-refractivity contribution is 6.18. The first-order chi connectivity index (χ1) is 27.3. The van der Waals surface area contributed by atoms with E-state index in [2.05, 4.69) is 181 Å². The van der Waals surface area contributed by atoms with Crippen LogP contribution in [-0.2, 0) is 6.42 Å². The number of rotatable bonds is 6. The lowest BCUT2D eigenvalue weighted by molar-refractivity contribution is 0.666. The van der Waals surface area contributed by atoms with Crippen LogP contribution in [0.25, 0.3) is 72.2 Å². The van der Waals surface area contributed by atoms with Gasteiger partial charge in [-0.2, -0.15) is 0 Å². The van der Waals surface area contributed by atoms with E-state index in [0.29, 0.717) is 0 Å². The Hall–Kier alpha value is -6.84. The molecule has 0 N–H and O–H groups in total. The summed E-state index contributed by atoms with van der Waals surface area (Å²) in [5, 5.41) is 4.41. The highest BCUT2D eigenvalue weighted by Crippen LogP contribution is 2.50. The molecule has 1 atom stereocenters. The maximum atomic E-state index is 6.94. The van der Waals surface area contributed by atoms with Crippen molar-refractivity contribution in [3.63, 3.8) is 0 Å². The van der Waals surface area contributed by atoms with Gasteiger partial charge >= 0.3 is 0 Å². The molecule has 0 bridgehead atoms. The van der Waals surface area contributed by atoms with Crippen molar-refractivity contribution < 1.29 is 8.83 Å². The zero-order valence-corrected chi connectivity index (χ0v) is 30.3. The molecule has 3 heteroatoms. The van der Waals surface area contributed by atoms with Gasteiger partial charge in [-0.1, -0.05) is 146 Å². The summed E-state index contributed by atoms with van der Waals surface area (Å²) >= 11 is 0.